The van der Waals surface area contributed by atoms with E-state index in [0.717, 1.165) is 49.6 Å². The summed E-state index contributed by atoms with van der Waals surface area (Å²) in [5, 5.41) is 8.67. The molecule has 0 spiro atoms. The summed E-state index contributed by atoms with van der Waals surface area (Å²) in [6.45, 7) is 5.52. The summed E-state index contributed by atoms with van der Waals surface area (Å²) in [5.41, 5.74) is 0. The van der Waals surface area contributed by atoms with Gasteiger partial charge in [0, 0.05) is 41.5 Å². The van der Waals surface area contributed by atoms with Crippen molar-refractivity contribution in [2.75, 3.05) is 26.8 Å². The first-order valence-corrected chi connectivity index (χ1v) is 8.68. The third-order valence-electron chi connectivity index (χ3n) is 2.68. The summed E-state index contributed by atoms with van der Waals surface area (Å²) in [7, 11) is 1.79. The highest BCUT2D eigenvalue weighted by molar-refractivity contribution is 9.10. The molecule has 0 unspecified atom stereocenters. The van der Waals surface area contributed by atoms with Crippen molar-refractivity contribution in [1.29, 1.82) is 0 Å². The molecule has 0 radical (unpaired) electrons. The normalized spacial score (nSPS) is 11.7. The molecule has 114 valence electrons. The minimum Gasteiger partial charge on any atom is -0.381 e. The van der Waals surface area contributed by atoms with Gasteiger partial charge in [-0.1, -0.05) is 13.3 Å². The molecule has 6 heteroatoms. The van der Waals surface area contributed by atoms with Gasteiger partial charge in [-0.25, -0.2) is 0 Å². The quantitative estimate of drug-likeness (QED) is 0.402. The number of guanidine groups is 1. The van der Waals surface area contributed by atoms with Crippen LogP contribution in [0.1, 0.15) is 31.1 Å². The Bertz CT molecular complexity index is 396. The Morgan fingerprint density at radius 2 is 2.15 bits per heavy atom. The van der Waals surface area contributed by atoms with E-state index in [4.69, 9.17) is 4.74 Å². The zero-order chi connectivity index (χ0) is 14.6. The van der Waals surface area contributed by atoms with E-state index < -0.39 is 0 Å². The van der Waals surface area contributed by atoms with E-state index in [-0.39, 0.29) is 0 Å². The number of nitrogens with zero attached hydrogens (tertiary/aromatic N) is 1. The Kier molecular flexibility index (Phi) is 9.70. The number of ether oxygens (including phenoxy) is 1. The van der Waals surface area contributed by atoms with Crippen LogP contribution in [0.4, 0.5) is 0 Å². The average molecular weight is 362 g/mol. The van der Waals surface area contributed by atoms with Crippen LogP contribution in [0.5, 0.6) is 0 Å². The number of hydrogen-bond acceptors (Lipinski definition) is 3. The molecule has 0 saturated carbocycles. The van der Waals surface area contributed by atoms with Crippen molar-refractivity contribution in [2.24, 2.45) is 4.99 Å². The van der Waals surface area contributed by atoms with Crippen molar-refractivity contribution >= 4 is 33.2 Å². The van der Waals surface area contributed by atoms with E-state index in [1.54, 1.807) is 18.4 Å². The molecule has 0 saturated heterocycles. The molecule has 1 rings (SSSR count). The van der Waals surface area contributed by atoms with Crippen LogP contribution in [0.25, 0.3) is 0 Å². The van der Waals surface area contributed by atoms with E-state index in [9.17, 15) is 0 Å². The zero-order valence-electron chi connectivity index (χ0n) is 12.2. The summed E-state index contributed by atoms with van der Waals surface area (Å²) in [4.78, 5) is 5.48. The second kappa shape index (κ2) is 11.1. The number of rotatable bonds is 9. The van der Waals surface area contributed by atoms with Crippen molar-refractivity contribution in [3.05, 3.63) is 20.8 Å². The Morgan fingerprint density at radius 3 is 2.80 bits per heavy atom. The molecular weight excluding hydrogens is 338 g/mol. The smallest absolute Gasteiger partial charge is 0.191 e. The lowest BCUT2D eigenvalue weighted by Crippen LogP contribution is -2.37. The molecule has 0 aliphatic carbocycles. The minimum absolute atomic E-state index is 0.795. The predicted molar refractivity (Wildman–Crippen MR) is 90.6 cm³/mol. The first-order valence-electron chi connectivity index (χ1n) is 7.01. The van der Waals surface area contributed by atoms with Crippen LogP contribution in [-0.2, 0) is 11.3 Å². The van der Waals surface area contributed by atoms with Gasteiger partial charge < -0.3 is 15.4 Å². The molecule has 0 fully saturated rings. The van der Waals surface area contributed by atoms with Crippen LogP contribution >= 0.6 is 27.3 Å². The Balaban J connectivity index is 2.08. The van der Waals surface area contributed by atoms with Gasteiger partial charge in [0.1, 0.15) is 0 Å². The van der Waals surface area contributed by atoms with Gasteiger partial charge in [0.15, 0.2) is 5.96 Å². The molecule has 20 heavy (non-hydrogen) atoms. The highest BCUT2D eigenvalue weighted by Crippen LogP contribution is 2.19. The predicted octanol–water partition coefficient (Wildman–Crippen LogP) is 3.38. The van der Waals surface area contributed by atoms with Gasteiger partial charge in [-0.15, -0.1) is 11.3 Å². The molecule has 0 bridgehead atoms. The summed E-state index contributed by atoms with van der Waals surface area (Å²) in [6, 6.07) is 2.12. The van der Waals surface area contributed by atoms with Gasteiger partial charge in [0.2, 0.25) is 0 Å². The number of hydrogen-bond donors (Lipinski definition) is 2. The second-order valence-corrected chi connectivity index (χ2v) is 6.31. The van der Waals surface area contributed by atoms with E-state index in [1.807, 2.05) is 0 Å². The molecule has 1 aromatic rings. The number of unbranched alkanes of at least 4 members (excludes halogenated alkanes) is 1. The fraction of sp³-hybridized carbons (Fsp3) is 0.643. The lowest BCUT2D eigenvalue weighted by Gasteiger charge is -2.11. The average Bonchev–Trinajstić information content (AvgIpc) is 2.87. The summed E-state index contributed by atoms with van der Waals surface area (Å²) in [5.74, 6) is 0.836. The van der Waals surface area contributed by atoms with Crippen molar-refractivity contribution in [3.8, 4) is 0 Å². The van der Waals surface area contributed by atoms with Crippen LogP contribution in [0.3, 0.4) is 0 Å². The van der Waals surface area contributed by atoms with Gasteiger partial charge in [0.05, 0.1) is 6.54 Å². The SMILES string of the molecule is CCCCOCCCNC(=NC)NCc1cc(Br)cs1. The molecular formula is C14H24BrN3OS. The van der Waals surface area contributed by atoms with Gasteiger partial charge >= 0.3 is 0 Å². The molecule has 0 aromatic carbocycles. The number of nitrogens with one attached hydrogen (secondary N) is 2. The molecule has 0 aliphatic rings. The molecule has 0 atom stereocenters. The molecule has 1 heterocycles. The van der Waals surface area contributed by atoms with Gasteiger partial charge in [-0.05, 0) is 34.8 Å². The van der Waals surface area contributed by atoms with Crippen LogP contribution in [0.2, 0.25) is 0 Å². The van der Waals surface area contributed by atoms with Crippen LogP contribution < -0.4 is 10.6 Å². The first kappa shape index (κ1) is 17.5. The Hall–Kier alpha value is -0.590. The van der Waals surface area contributed by atoms with Crippen LogP contribution in [0, 0.1) is 0 Å². The highest BCUT2D eigenvalue weighted by atomic mass is 79.9. The molecule has 0 aliphatic heterocycles. The molecule has 1 aromatic heterocycles. The van der Waals surface area contributed by atoms with E-state index in [0.29, 0.717) is 0 Å². The van der Waals surface area contributed by atoms with Crippen LogP contribution in [-0.4, -0.2) is 32.8 Å². The Labute approximate surface area is 134 Å². The second-order valence-electron chi connectivity index (χ2n) is 4.40. The Morgan fingerprint density at radius 1 is 1.35 bits per heavy atom. The standard InChI is InChI=1S/C14H24BrN3OS/c1-3-4-7-19-8-5-6-17-14(16-2)18-10-13-9-12(15)11-20-13/h9,11H,3-8,10H2,1-2H3,(H2,16,17,18). The fourth-order valence-electron chi connectivity index (χ4n) is 1.57. The lowest BCUT2D eigenvalue weighted by molar-refractivity contribution is 0.129. The molecule has 2 N–H and O–H groups in total. The van der Waals surface area contributed by atoms with E-state index in [1.165, 1.54) is 11.3 Å². The number of thiophene rings is 1. The van der Waals surface area contributed by atoms with Crippen molar-refractivity contribution in [3.63, 3.8) is 0 Å². The fourth-order valence-corrected chi connectivity index (χ4v) is 2.96. The maximum absolute atomic E-state index is 5.52. The third-order valence-corrected chi connectivity index (χ3v) is 4.37. The summed E-state index contributed by atoms with van der Waals surface area (Å²) < 4.78 is 6.65. The van der Waals surface area contributed by atoms with Crippen LogP contribution in [0.15, 0.2) is 20.9 Å². The molecule has 0 amide bonds. The number of aliphatic imine (C=N–C) groups is 1. The van der Waals surface area contributed by atoms with Gasteiger partial charge in [-0.2, -0.15) is 0 Å². The monoisotopic (exact) mass is 361 g/mol. The molecule has 4 nitrogen and oxygen atoms in total. The van der Waals surface area contributed by atoms with Gasteiger partial charge in [0.25, 0.3) is 0 Å². The number of halogens is 1. The third kappa shape index (κ3) is 7.87. The minimum atomic E-state index is 0.795. The lowest BCUT2D eigenvalue weighted by atomic mass is 10.4. The topological polar surface area (TPSA) is 45.6 Å². The summed E-state index contributed by atoms with van der Waals surface area (Å²) >= 11 is 5.19. The van der Waals surface area contributed by atoms with E-state index in [2.05, 4.69) is 49.9 Å². The maximum Gasteiger partial charge on any atom is 0.191 e. The maximum atomic E-state index is 5.52. The first-order chi connectivity index (χ1) is 9.76. The highest BCUT2D eigenvalue weighted by Gasteiger charge is 2.00. The van der Waals surface area contributed by atoms with E-state index >= 15 is 0 Å². The van der Waals surface area contributed by atoms with Crippen molar-refractivity contribution in [2.45, 2.75) is 32.7 Å². The summed E-state index contributed by atoms with van der Waals surface area (Å²) in [6.07, 6.45) is 3.33. The van der Waals surface area contributed by atoms with Gasteiger partial charge in [-0.3, -0.25) is 4.99 Å². The zero-order valence-corrected chi connectivity index (χ0v) is 14.6. The van der Waals surface area contributed by atoms with Crippen molar-refractivity contribution < 1.29 is 4.74 Å². The van der Waals surface area contributed by atoms with Crippen molar-refractivity contribution in [1.82, 2.24) is 10.6 Å². The largest absolute Gasteiger partial charge is 0.381 e.